The van der Waals surface area contributed by atoms with E-state index in [1.54, 1.807) is 18.5 Å². The largest absolute Gasteiger partial charge is 0.250 e. The van der Waals surface area contributed by atoms with E-state index in [9.17, 15) is 8.42 Å². The predicted molar refractivity (Wildman–Crippen MR) is 77.6 cm³/mol. The van der Waals surface area contributed by atoms with Crippen molar-refractivity contribution in [1.29, 1.82) is 0 Å². The summed E-state index contributed by atoms with van der Waals surface area (Å²) in [6.45, 7) is 3.94. The first-order valence-corrected chi connectivity index (χ1v) is 9.02. The lowest BCUT2D eigenvalue weighted by atomic mass is 10.4. The highest BCUT2D eigenvalue weighted by atomic mass is 79.9. The van der Waals surface area contributed by atoms with Gasteiger partial charge in [-0.2, -0.15) is 0 Å². The van der Waals surface area contributed by atoms with E-state index in [0.717, 1.165) is 19.2 Å². The van der Waals surface area contributed by atoms with Crippen molar-refractivity contribution in [2.75, 3.05) is 0 Å². The minimum Gasteiger partial charge on any atom is -0.250 e. The Balaban J connectivity index is 2.18. The van der Waals surface area contributed by atoms with Gasteiger partial charge in [0.05, 0.1) is 19.9 Å². The van der Waals surface area contributed by atoms with Crippen LogP contribution in [-0.2, 0) is 16.6 Å². The molecule has 1 N–H and O–H groups in total. The van der Waals surface area contributed by atoms with Crippen molar-refractivity contribution in [3.8, 4) is 0 Å². The maximum absolute atomic E-state index is 12.1. The quantitative estimate of drug-likeness (QED) is 0.904. The molecule has 0 saturated carbocycles. The van der Waals surface area contributed by atoms with E-state index in [-0.39, 0.29) is 6.54 Å². The van der Waals surface area contributed by atoms with Crippen LogP contribution in [0, 0.1) is 13.8 Å². The van der Waals surface area contributed by atoms with E-state index in [1.807, 2.05) is 6.92 Å². The summed E-state index contributed by atoms with van der Waals surface area (Å²) >= 11 is 6.16. The number of thiophene rings is 1. The average molecular weight is 367 g/mol. The summed E-state index contributed by atoms with van der Waals surface area (Å²) in [5.74, 6) is 0. The first-order chi connectivity index (χ1) is 8.40. The number of rotatable bonds is 4. The standard InChI is InChI=1S/C10H11BrN2O2S3/c1-6-8(16-5-12-6)4-13-18(14,15)9-3-10(11)17-7(9)2/h3,5,13H,4H2,1-2H3. The molecule has 0 fully saturated rings. The predicted octanol–water partition coefficient (Wildman–Crippen LogP) is 3.06. The third kappa shape index (κ3) is 3.00. The van der Waals surface area contributed by atoms with Gasteiger partial charge in [0.2, 0.25) is 10.0 Å². The molecule has 0 aliphatic rings. The molecule has 4 nitrogen and oxygen atoms in total. The summed E-state index contributed by atoms with van der Waals surface area (Å²) in [5, 5.41) is 0. The molecule has 2 aromatic rings. The first-order valence-electron chi connectivity index (χ1n) is 5.04. The number of aryl methyl sites for hydroxylation is 2. The van der Waals surface area contributed by atoms with Crippen LogP contribution in [0.3, 0.4) is 0 Å². The fourth-order valence-corrected chi connectivity index (χ4v) is 5.65. The van der Waals surface area contributed by atoms with Gasteiger partial charge >= 0.3 is 0 Å². The van der Waals surface area contributed by atoms with Gasteiger partial charge in [0.25, 0.3) is 0 Å². The van der Waals surface area contributed by atoms with Crippen molar-refractivity contribution in [3.63, 3.8) is 0 Å². The molecule has 8 heteroatoms. The molecule has 98 valence electrons. The van der Waals surface area contributed by atoms with E-state index in [4.69, 9.17) is 0 Å². The SMILES string of the molecule is Cc1ncsc1CNS(=O)(=O)c1cc(Br)sc1C. The van der Waals surface area contributed by atoms with E-state index in [0.29, 0.717) is 4.90 Å². The van der Waals surface area contributed by atoms with Crippen LogP contribution in [0.2, 0.25) is 0 Å². The van der Waals surface area contributed by atoms with Crippen LogP contribution in [0.4, 0.5) is 0 Å². The van der Waals surface area contributed by atoms with Crippen molar-refractivity contribution in [1.82, 2.24) is 9.71 Å². The van der Waals surface area contributed by atoms with Crippen molar-refractivity contribution in [2.45, 2.75) is 25.3 Å². The Labute approximate surface area is 122 Å². The van der Waals surface area contributed by atoms with E-state index >= 15 is 0 Å². The lowest BCUT2D eigenvalue weighted by molar-refractivity contribution is 0.581. The van der Waals surface area contributed by atoms with Crippen LogP contribution < -0.4 is 4.72 Å². The minimum atomic E-state index is -3.45. The van der Waals surface area contributed by atoms with E-state index in [1.165, 1.54) is 22.7 Å². The molecule has 0 amide bonds. The number of sulfonamides is 1. The lowest BCUT2D eigenvalue weighted by Gasteiger charge is -2.05. The molecule has 0 spiro atoms. The van der Waals surface area contributed by atoms with Gasteiger partial charge in [-0.25, -0.2) is 18.1 Å². The number of nitrogens with zero attached hydrogens (tertiary/aromatic N) is 1. The Morgan fingerprint density at radius 1 is 1.44 bits per heavy atom. The normalized spacial score (nSPS) is 11.9. The van der Waals surface area contributed by atoms with Gasteiger partial charge in [-0.1, -0.05) is 0 Å². The molecule has 0 aliphatic carbocycles. The lowest BCUT2D eigenvalue weighted by Crippen LogP contribution is -2.23. The smallest absolute Gasteiger partial charge is 0.242 e. The fraction of sp³-hybridized carbons (Fsp3) is 0.300. The summed E-state index contributed by atoms with van der Waals surface area (Å²) in [6.07, 6.45) is 0. The summed E-state index contributed by atoms with van der Waals surface area (Å²) in [7, 11) is -3.45. The topological polar surface area (TPSA) is 59.1 Å². The van der Waals surface area contributed by atoms with Crippen LogP contribution in [-0.4, -0.2) is 13.4 Å². The maximum atomic E-state index is 12.1. The molecule has 2 heterocycles. The maximum Gasteiger partial charge on any atom is 0.242 e. The van der Waals surface area contributed by atoms with Gasteiger partial charge < -0.3 is 0 Å². The Bertz CT molecular complexity index is 660. The number of hydrogen-bond donors (Lipinski definition) is 1. The summed E-state index contributed by atoms with van der Waals surface area (Å²) in [5.41, 5.74) is 2.58. The molecule has 0 radical (unpaired) electrons. The molecule has 0 saturated heterocycles. The summed E-state index contributed by atoms with van der Waals surface area (Å²) in [4.78, 5) is 6.13. The Morgan fingerprint density at radius 2 is 2.17 bits per heavy atom. The van der Waals surface area contributed by atoms with Gasteiger partial charge in [0.1, 0.15) is 0 Å². The fourth-order valence-electron chi connectivity index (χ4n) is 1.43. The van der Waals surface area contributed by atoms with Gasteiger partial charge in [0.15, 0.2) is 0 Å². The van der Waals surface area contributed by atoms with Gasteiger partial charge in [-0.05, 0) is 35.8 Å². The van der Waals surface area contributed by atoms with E-state index < -0.39 is 10.0 Å². The molecule has 0 aromatic carbocycles. The first kappa shape index (κ1) is 14.1. The van der Waals surface area contributed by atoms with Crippen LogP contribution >= 0.6 is 38.6 Å². The van der Waals surface area contributed by atoms with Crippen molar-refractivity contribution in [3.05, 3.63) is 30.8 Å². The number of halogens is 1. The molecular weight excluding hydrogens is 356 g/mol. The highest BCUT2D eigenvalue weighted by Crippen LogP contribution is 2.29. The average Bonchev–Trinajstić information content (AvgIpc) is 2.82. The zero-order chi connectivity index (χ0) is 13.3. The molecule has 0 bridgehead atoms. The third-order valence-electron chi connectivity index (χ3n) is 2.40. The number of hydrogen-bond acceptors (Lipinski definition) is 5. The molecule has 0 unspecified atom stereocenters. The molecular formula is C10H11BrN2O2S3. The van der Waals surface area contributed by atoms with Gasteiger partial charge in [-0.15, -0.1) is 22.7 Å². The van der Waals surface area contributed by atoms with Crippen molar-refractivity contribution < 1.29 is 8.42 Å². The third-order valence-corrected chi connectivity index (χ3v) is 6.54. The van der Waals surface area contributed by atoms with Crippen molar-refractivity contribution in [2.24, 2.45) is 0 Å². The zero-order valence-electron chi connectivity index (χ0n) is 9.73. The Morgan fingerprint density at radius 3 is 2.67 bits per heavy atom. The summed E-state index contributed by atoms with van der Waals surface area (Å²) in [6, 6.07) is 1.63. The molecule has 18 heavy (non-hydrogen) atoms. The highest BCUT2D eigenvalue weighted by Gasteiger charge is 2.19. The highest BCUT2D eigenvalue weighted by molar-refractivity contribution is 9.11. The van der Waals surface area contributed by atoms with Gasteiger partial charge in [-0.3, -0.25) is 0 Å². The van der Waals surface area contributed by atoms with Crippen molar-refractivity contribution >= 4 is 48.6 Å². The molecule has 0 atom stereocenters. The van der Waals surface area contributed by atoms with Crippen LogP contribution in [0.5, 0.6) is 0 Å². The number of nitrogens with one attached hydrogen (secondary N) is 1. The van der Waals surface area contributed by atoms with Crippen LogP contribution in [0.1, 0.15) is 15.4 Å². The second-order valence-corrected chi connectivity index (χ2v) is 8.97. The zero-order valence-corrected chi connectivity index (χ0v) is 13.8. The minimum absolute atomic E-state index is 0.283. The second-order valence-electron chi connectivity index (χ2n) is 3.66. The second kappa shape index (κ2) is 5.38. The molecule has 0 aliphatic heterocycles. The Kier molecular flexibility index (Phi) is 4.22. The monoisotopic (exact) mass is 366 g/mol. The van der Waals surface area contributed by atoms with Crippen LogP contribution in [0.25, 0.3) is 0 Å². The molecule has 2 rings (SSSR count). The summed E-state index contributed by atoms with van der Waals surface area (Å²) < 4.78 is 27.7. The van der Waals surface area contributed by atoms with E-state index in [2.05, 4.69) is 25.6 Å². The van der Waals surface area contributed by atoms with Gasteiger partial charge in [0, 0.05) is 16.3 Å². The Hall–Kier alpha value is -0.280. The molecule has 2 aromatic heterocycles. The number of thiazole rings is 1. The van der Waals surface area contributed by atoms with Crippen LogP contribution in [0.15, 0.2) is 20.3 Å². The number of aromatic nitrogens is 1.